The number of halogens is 2. The number of hydrogen-bond donors (Lipinski definition) is 0. The molecule has 4 aromatic rings. The van der Waals surface area contributed by atoms with Gasteiger partial charge in [-0.1, -0.05) is 24.3 Å². The Labute approximate surface area is 242 Å². The smallest absolute Gasteiger partial charge is 0.310 e. The fourth-order valence-electron chi connectivity index (χ4n) is 6.57. The van der Waals surface area contributed by atoms with Crippen molar-refractivity contribution in [2.75, 3.05) is 31.6 Å². The summed E-state index contributed by atoms with van der Waals surface area (Å²) >= 11 is 0. The number of rotatable bonds is 5. The lowest BCUT2D eigenvalue weighted by atomic mass is 9.93. The summed E-state index contributed by atoms with van der Waals surface area (Å²) in [5.41, 5.74) is 4.50. The third-order valence-electron chi connectivity index (χ3n) is 9.11. The summed E-state index contributed by atoms with van der Waals surface area (Å²) in [5.74, 6) is -1.78. The number of esters is 1. The van der Waals surface area contributed by atoms with Crippen LogP contribution in [0.25, 0.3) is 16.8 Å². The average Bonchev–Trinajstić information content (AvgIpc) is 3.54. The van der Waals surface area contributed by atoms with E-state index in [0.717, 1.165) is 30.5 Å². The maximum atomic E-state index is 16.1. The number of aromatic nitrogens is 2. The highest BCUT2D eigenvalue weighted by Gasteiger charge is 2.34. The molecule has 2 aromatic heterocycles. The van der Waals surface area contributed by atoms with Crippen molar-refractivity contribution in [3.8, 4) is 11.3 Å². The third kappa shape index (κ3) is 4.42. The Hall–Kier alpha value is -4.27. The van der Waals surface area contributed by atoms with E-state index >= 15 is 8.78 Å². The summed E-state index contributed by atoms with van der Waals surface area (Å²) in [6.07, 6.45) is 3.24. The first-order valence-electron chi connectivity index (χ1n) is 14.6. The molecule has 4 heterocycles. The maximum absolute atomic E-state index is 16.1. The Morgan fingerprint density at radius 2 is 1.81 bits per heavy atom. The van der Waals surface area contributed by atoms with E-state index in [1.165, 1.54) is 24.8 Å². The molecule has 2 atom stereocenters. The van der Waals surface area contributed by atoms with Gasteiger partial charge in [-0.15, -0.1) is 0 Å². The summed E-state index contributed by atoms with van der Waals surface area (Å²) in [6.45, 7) is 3.59. The topological polar surface area (TPSA) is 67.2 Å². The lowest BCUT2D eigenvalue weighted by molar-refractivity contribution is -0.144. The highest BCUT2D eigenvalue weighted by molar-refractivity contribution is 5.96. The van der Waals surface area contributed by atoms with Gasteiger partial charge in [-0.2, -0.15) is 5.10 Å². The number of carbonyl (C=O) groups excluding carboxylic acids is 2. The van der Waals surface area contributed by atoms with E-state index in [-0.39, 0.29) is 46.4 Å². The number of pyridine rings is 1. The average molecular weight is 571 g/mol. The number of nitrogens with zero attached hydrogens (tertiary/aromatic N) is 4. The van der Waals surface area contributed by atoms with Crippen LogP contribution >= 0.6 is 0 Å². The number of carbonyl (C=O) groups is 2. The molecule has 2 fully saturated rings. The summed E-state index contributed by atoms with van der Waals surface area (Å²) in [5, 5.41) is 4.63. The first kappa shape index (κ1) is 26.6. The van der Waals surface area contributed by atoms with Crippen LogP contribution in [0.3, 0.4) is 0 Å². The van der Waals surface area contributed by atoms with Crippen LogP contribution in [-0.4, -0.2) is 53.1 Å². The van der Waals surface area contributed by atoms with Crippen molar-refractivity contribution in [3.63, 3.8) is 0 Å². The third-order valence-corrected chi connectivity index (χ3v) is 9.11. The number of fused-ring (bicyclic) bond motifs is 2. The van der Waals surface area contributed by atoms with Gasteiger partial charge in [0.05, 0.1) is 30.3 Å². The minimum absolute atomic E-state index is 0.0343. The van der Waals surface area contributed by atoms with Crippen LogP contribution in [0, 0.1) is 17.6 Å². The fourth-order valence-corrected chi connectivity index (χ4v) is 6.57. The summed E-state index contributed by atoms with van der Waals surface area (Å²) in [7, 11) is 1.37. The molecule has 9 heteroatoms. The number of anilines is 1. The minimum Gasteiger partial charge on any atom is -0.469 e. The van der Waals surface area contributed by atoms with Crippen LogP contribution in [0.1, 0.15) is 65.3 Å². The van der Waals surface area contributed by atoms with Crippen LogP contribution < -0.4 is 4.90 Å². The lowest BCUT2D eigenvalue weighted by Gasteiger charge is -2.35. The van der Waals surface area contributed by atoms with Gasteiger partial charge in [-0.3, -0.25) is 9.59 Å². The van der Waals surface area contributed by atoms with E-state index in [4.69, 9.17) is 4.74 Å². The zero-order valence-electron chi connectivity index (χ0n) is 23.6. The molecule has 2 aromatic carbocycles. The molecule has 0 bridgehead atoms. The van der Waals surface area contributed by atoms with Crippen LogP contribution in [-0.2, 0) is 16.0 Å². The van der Waals surface area contributed by atoms with Gasteiger partial charge in [0, 0.05) is 42.5 Å². The molecule has 7 nitrogen and oxygen atoms in total. The Bertz CT molecular complexity index is 1730. The quantitative estimate of drug-likeness (QED) is 0.279. The highest BCUT2D eigenvalue weighted by Crippen LogP contribution is 2.42. The number of benzene rings is 2. The molecule has 0 N–H and O–H groups in total. The molecule has 42 heavy (non-hydrogen) atoms. The monoisotopic (exact) mass is 570 g/mol. The second-order valence-electron chi connectivity index (χ2n) is 11.6. The Morgan fingerprint density at radius 3 is 2.57 bits per heavy atom. The van der Waals surface area contributed by atoms with Crippen molar-refractivity contribution in [2.45, 2.75) is 44.6 Å². The zero-order valence-corrected chi connectivity index (χ0v) is 23.6. The lowest BCUT2D eigenvalue weighted by Crippen LogP contribution is -2.39. The van der Waals surface area contributed by atoms with Crippen molar-refractivity contribution in [3.05, 3.63) is 88.6 Å². The van der Waals surface area contributed by atoms with Crippen LogP contribution in [0.5, 0.6) is 0 Å². The highest BCUT2D eigenvalue weighted by atomic mass is 19.1. The molecule has 0 unspecified atom stereocenters. The molecular formula is C33H32F2N4O3. The van der Waals surface area contributed by atoms with E-state index < -0.39 is 11.6 Å². The molecule has 216 valence electrons. The first-order valence-corrected chi connectivity index (χ1v) is 14.6. The van der Waals surface area contributed by atoms with E-state index in [9.17, 15) is 9.59 Å². The van der Waals surface area contributed by atoms with Gasteiger partial charge < -0.3 is 14.5 Å². The second-order valence-corrected chi connectivity index (χ2v) is 11.6. The number of ether oxygens (including phenoxy) is 1. The van der Waals surface area contributed by atoms with Crippen LogP contribution in [0.4, 0.5) is 14.5 Å². The maximum Gasteiger partial charge on any atom is 0.310 e. The van der Waals surface area contributed by atoms with Crippen LogP contribution in [0.15, 0.2) is 54.6 Å². The number of methoxy groups -OCH3 is 1. The molecule has 0 radical (unpaired) electrons. The van der Waals surface area contributed by atoms with Gasteiger partial charge >= 0.3 is 5.97 Å². The Kier molecular flexibility index (Phi) is 6.48. The van der Waals surface area contributed by atoms with Crippen molar-refractivity contribution < 1.29 is 23.1 Å². The second kappa shape index (κ2) is 10.2. The summed E-state index contributed by atoms with van der Waals surface area (Å²) in [4.78, 5) is 29.4. The van der Waals surface area contributed by atoms with E-state index in [1.54, 1.807) is 27.6 Å². The van der Waals surface area contributed by atoms with Gasteiger partial charge in [-0.05, 0) is 74.1 Å². The van der Waals surface area contributed by atoms with Gasteiger partial charge in [0.25, 0.3) is 5.91 Å². The normalized spacial score (nSPS) is 20.2. The molecule has 1 saturated carbocycles. The van der Waals surface area contributed by atoms with E-state index in [0.29, 0.717) is 37.4 Å². The predicted octanol–water partition coefficient (Wildman–Crippen LogP) is 5.92. The Morgan fingerprint density at radius 1 is 1.00 bits per heavy atom. The number of amides is 1. The van der Waals surface area contributed by atoms with Crippen LogP contribution in [0.2, 0.25) is 0 Å². The molecule has 1 amide bonds. The first-order chi connectivity index (χ1) is 20.3. The molecule has 2 aliphatic heterocycles. The zero-order chi connectivity index (χ0) is 29.1. The SMILES string of the molecule is COC(=O)[C@H]1CCN(c2ccc(-c3cc4c(F)c(C(=O)N5CCc6ccccc6[C@H]5C)cc(C5CC5)n4n3)c(F)c2)C1. The molecule has 1 aliphatic carbocycles. The molecule has 1 saturated heterocycles. The standard InChI is InChI=1S/C33H32F2N4O3/c1-19-24-6-4-3-5-20(24)12-14-38(19)32(40)26-16-29(21-7-8-21)39-30(31(26)35)17-28(36-39)25-10-9-23(15-27(25)34)37-13-11-22(18-37)33(41)42-2/h3-6,9-10,15-17,19,21-22H,7-8,11-14,18H2,1-2H3/t19-,22+/m1/s1. The van der Waals surface area contributed by atoms with Gasteiger partial charge in [-0.25, -0.2) is 13.3 Å². The Balaban J connectivity index is 1.22. The molecule has 0 spiro atoms. The molecular weight excluding hydrogens is 538 g/mol. The fraction of sp³-hybridized carbons (Fsp3) is 0.364. The van der Waals surface area contributed by atoms with Crippen molar-refractivity contribution >= 4 is 23.1 Å². The summed E-state index contributed by atoms with van der Waals surface area (Å²) < 4.78 is 38.1. The summed E-state index contributed by atoms with van der Waals surface area (Å²) in [6, 6.07) is 16.0. The predicted molar refractivity (Wildman–Crippen MR) is 154 cm³/mol. The van der Waals surface area contributed by atoms with E-state index in [2.05, 4.69) is 11.2 Å². The molecule has 7 rings (SSSR count). The molecule has 3 aliphatic rings. The van der Waals surface area contributed by atoms with Crippen molar-refractivity contribution in [1.29, 1.82) is 0 Å². The van der Waals surface area contributed by atoms with Gasteiger partial charge in [0.2, 0.25) is 0 Å². The number of hydrogen-bond acceptors (Lipinski definition) is 5. The van der Waals surface area contributed by atoms with Crippen molar-refractivity contribution in [2.24, 2.45) is 5.92 Å². The van der Waals surface area contributed by atoms with E-state index in [1.807, 2.05) is 30.0 Å². The van der Waals surface area contributed by atoms with Crippen molar-refractivity contribution in [1.82, 2.24) is 14.5 Å². The van der Waals surface area contributed by atoms with Gasteiger partial charge in [0.1, 0.15) is 11.3 Å². The minimum atomic E-state index is -0.642. The largest absolute Gasteiger partial charge is 0.469 e. The van der Waals surface area contributed by atoms with Gasteiger partial charge in [0.15, 0.2) is 5.82 Å².